The Balaban J connectivity index is 0.00000243. The number of hydrogen-bond donors (Lipinski definition) is 2. The number of anilines is 1. The summed E-state index contributed by atoms with van der Waals surface area (Å²) >= 11 is 0. The number of carbonyl (C=O) groups excluding carboxylic acids is 2. The zero-order valence-electron chi connectivity index (χ0n) is 15.2. The van der Waals surface area contributed by atoms with Crippen molar-refractivity contribution in [1.29, 1.82) is 0 Å². The van der Waals surface area contributed by atoms with Gasteiger partial charge in [0.2, 0.25) is 5.91 Å². The number of nitrogens with two attached hydrogens (primary N) is 1. The highest BCUT2D eigenvalue weighted by molar-refractivity contribution is 5.98. The lowest BCUT2D eigenvalue weighted by Crippen LogP contribution is -2.40. The van der Waals surface area contributed by atoms with E-state index in [-0.39, 0.29) is 36.1 Å². The van der Waals surface area contributed by atoms with Gasteiger partial charge in [-0.25, -0.2) is 0 Å². The van der Waals surface area contributed by atoms with E-state index in [1.807, 2.05) is 19.1 Å². The van der Waals surface area contributed by atoms with E-state index in [0.717, 1.165) is 24.8 Å². The van der Waals surface area contributed by atoms with Crippen LogP contribution in [0.15, 0.2) is 18.2 Å². The summed E-state index contributed by atoms with van der Waals surface area (Å²) in [7, 11) is 0. The van der Waals surface area contributed by atoms with E-state index in [2.05, 4.69) is 5.32 Å². The lowest BCUT2D eigenvalue weighted by atomic mass is 9.95. The highest BCUT2D eigenvalue weighted by Crippen LogP contribution is 2.32. The summed E-state index contributed by atoms with van der Waals surface area (Å²) in [5.74, 6) is 0.244. The SMILES string of the molecule is Cc1ccc(C(=O)N2CCOCC2)cc1NC(=O)[C@@H]1CCC[C@@H]1CN.Cl. The molecule has 1 aromatic carbocycles. The van der Waals surface area contributed by atoms with E-state index in [1.54, 1.807) is 11.0 Å². The molecule has 0 radical (unpaired) electrons. The van der Waals surface area contributed by atoms with Crippen LogP contribution in [0.25, 0.3) is 0 Å². The van der Waals surface area contributed by atoms with Gasteiger partial charge in [0, 0.05) is 30.3 Å². The molecule has 26 heavy (non-hydrogen) atoms. The maximum Gasteiger partial charge on any atom is 0.254 e. The van der Waals surface area contributed by atoms with Gasteiger partial charge in [-0.3, -0.25) is 9.59 Å². The number of nitrogens with zero attached hydrogens (tertiary/aromatic N) is 1. The minimum absolute atomic E-state index is 0. The van der Waals surface area contributed by atoms with Crippen molar-refractivity contribution in [1.82, 2.24) is 4.90 Å². The number of halogens is 1. The van der Waals surface area contributed by atoms with Crippen LogP contribution in [-0.2, 0) is 9.53 Å². The largest absolute Gasteiger partial charge is 0.378 e. The van der Waals surface area contributed by atoms with Gasteiger partial charge in [0.05, 0.1) is 13.2 Å². The first-order chi connectivity index (χ1) is 12.1. The zero-order valence-corrected chi connectivity index (χ0v) is 16.0. The van der Waals surface area contributed by atoms with Crippen LogP contribution in [0.1, 0.15) is 35.2 Å². The van der Waals surface area contributed by atoms with Gasteiger partial charge >= 0.3 is 0 Å². The fourth-order valence-electron chi connectivity index (χ4n) is 3.73. The molecule has 1 aliphatic carbocycles. The number of nitrogens with one attached hydrogen (secondary N) is 1. The maximum atomic E-state index is 12.6. The smallest absolute Gasteiger partial charge is 0.254 e. The van der Waals surface area contributed by atoms with Crippen LogP contribution >= 0.6 is 12.4 Å². The Morgan fingerprint density at radius 1 is 1.27 bits per heavy atom. The summed E-state index contributed by atoms with van der Waals surface area (Å²) in [4.78, 5) is 27.1. The molecule has 2 aliphatic rings. The zero-order chi connectivity index (χ0) is 17.8. The Kier molecular flexibility index (Phi) is 7.43. The highest BCUT2D eigenvalue weighted by Gasteiger charge is 2.32. The van der Waals surface area contributed by atoms with E-state index in [4.69, 9.17) is 10.5 Å². The van der Waals surface area contributed by atoms with Crippen molar-refractivity contribution in [2.24, 2.45) is 17.6 Å². The average Bonchev–Trinajstić information content (AvgIpc) is 3.12. The summed E-state index contributed by atoms with van der Waals surface area (Å²) in [6.45, 7) is 4.84. The van der Waals surface area contributed by atoms with E-state index >= 15 is 0 Å². The van der Waals surface area contributed by atoms with E-state index < -0.39 is 0 Å². The minimum atomic E-state index is -0.0250. The summed E-state index contributed by atoms with van der Waals surface area (Å²) in [5, 5.41) is 3.02. The first kappa shape index (κ1) is 20.7. The van der Waals surface area contributed by atoms with Gasteiger partial charge in [0.1, 0.15) is 0 Å². The van der Waals surface area contributed by atoms with Crippen molar-refractivity contribution >= 4 is 29.9 Å². The molecule has 144 valence electrons. The quantitative estimate of drug-likeness (QED) is 0.837. The molecule has 0 spiro atoms. The van der Waals surface area contributed by atoms with Crippen molar-refractivity contribution in [3.8, 4) is 0 Å². The van der Waals surface area contributed by atoms with Crippen molar-refractivity contribution < 1.29 is 14.3 Å². The number of hydrogen-bond acceptors (Lipinski definition) is 4. The van der Waals surface area contributed by atoms with Gasteiger partial charge in [0.15, 0.2) is 0 Å². The molecule has 2 atom stereocenters. The van der Waals surface area contributed by atoms with Crippen molar-refractivity contribution in [3.05, 3.63) is 29.3 Å². The Hall–Kier alpha value is -1.63. The summed E-state index contributed by atoms with van der Waals surface area (Å²) in [6, 6.07) is 5.50. The van der Waals surface area contributed by atoms with E-state index in [0.29, 0.717) is 44.1 Å². The molecule has 1 saturated carbocycles. The van der Waals surface area contributed by atoms with E-state index in [1.165, 1.54) is 0 Å². The van der Waals surface area contributed by atoms with Gasteiger partial charge < -0.3 is 20.7 Å². The third kappa shape index (κ3) is 4.55. The topological polar surface area (TPSA) is 84.7 Å². The van der Waals surface area contributed by atoms with Gasteiger partial charge in [0.25, 0.3) is 5.91 Å². The van der Waals surface area contributed by atoms with Crippen LogP contribution in [0.4, 0.5) is 5.69 Å². The van der Waals surface area contributed by atoms with Crippen molar-refractivity contribution in [2.75, 3.05) is 38.2 Å². The number of aryl methyl sites for hydroxylation is 1. The standard InChI is InChI=1S/C19H27N3O3.ClH/c1-13-5-6-14(19(24)22-7-9-25-10-8-22)11-17(13)21-18(23)16-4-2-3-15(16)12-20;/h5-6,11,15-16H,2-4,7-10,12,20H2,1H3,(H,21,23);1H/t15-,16-;/m1./s1. The second-order valence-electron chi connectivity index (χ2n) is 6.96. The first-order valence-corrected chi connectivity index (χ1v) is 9.08. The number of amides is 2. The molecule has 1 aliphatic heterocycles. The third-order valence-corrected chi connectivity index (χ3v) is 5.34. The normalized spacial score (nSPS) is 22.6. The minimum Gasteiger partial charge on any atom is -0.378 e. The lowest BCUT2D eigenvalue weighted by molar-refractivity contribution is -0.120. The fourth-order valence-corrected chi connectivity index (χ4v) is 3.73. The molecule has 1 aromatic rings. The number of benzene rings is 1. The fraction of sp³-hybridized carbons (Fsp3) is 0.579. The molecule has 2 fully saturated rings. The molecule has 6 nitrogen and oxygen atoms in total. The third-order valence-electron chi connectivity index (χ3n) is 5.34. The molecule has 3 N–H and O–H groups in total. The number of morpholine rings is 1. The predicted octanol–water partition coefficient (Wildman–Crippen LogP) is 2.20. The van der Waals surface area contributed by atoms with Crippen molar-refractivity contribution in [3.63, 3.8) is 0 Å². The van der Waals surface area contributed by atoms with Gasteiger partial charge in [-0.1, -0.05) is 12.5 Å². The molecule has 0 unspecified atom stereocenters. The van der Waals surface area contributed by atoms with Gasteiger partial charge in [-0.15, -0.1) is 12.4 Å². The Labute approximate surface area is 160 Å². The van der Waals surface area contributed by atoms with Gasteiger partial charge in [-0.05, 0) is 49.9 Å². The molecular weight excluding hydrogens is 354 g/mol. The van der Waals surface area contributed by atoms with Gasteiger partial charge in [-0.2, -0.15) is 0 Å². The van der Waals surface area contributed by atoms with Crippen LogP contribution < -0.4 is 11.1 Å². The lowest BCUT2D eigenvalue weighted by Gasteiger charge is -2.27. The highest BCUT2D eigenvalue weighted by atomic mass is 35.5. The Morgan fingerprint density at radius 2 is 2.00 bits per heavy atom. The molecule has 1 heterocycles. The number of carbonyl (C=O) groups is 2. The summed E-state index contributed by atoms with van der Waals surface area (Å²) in [5.41, 5.74) is 8.06. The second-order valence-corrected chi connectivity index (χ2v) is 6.96. The first-order valence-electron chi connectivity index (χ1n) is 9.08. The summed E-state index contributed by atoms with van der Waals surface area (Å²) < 4.78 is 5.30. The monoisotopic (exact) mass is 381 g/mol. The number of ether oxygens (including phenoxy) is 1. The van der Waals surface area contributed by atoms with Crippen LogP contribution in [0.2, 0.25) is 0 Å². The average molecular weight is 382 g/mol. The Bertz CT molecular complexity index is 647. The molecule has 2 amide bonds. The molecule has 3 rings (SSSR count). The molecule has 0 aromatic heterocycles. The Morgan fingerprint density at radius 3 is 2.69 bits per heavy atom. The maximum absolute atomic E-state index is 12.6. The van der Waals surface area contributed by atoms with Crippen LogP contribution in [0.3, 0.4) is 0 Å². The molecule has 7 heteroatoms. The molecule has 1 saturated heterocycles. The second kappa shape index (κ2) is 9.35. The molecular formula is C19H28ClN3O3. The van der Waals surface area contributed by atoms with Crippen LogP contribution in [0, 0.1) is 18.8 Å². The predicted molar refractivity (Wildman–Crippen MR) is 104 cm³/mol. The van der Waals surface area contributed by atoms with E-state index in [9.17, 15) is 9.59 Å². The van der Waals surface area contributed by atoms with Crippen molar-refractivity contribution in [2.45, 2.75) is 26.2 Å². The molecule has 0 bridgehead atoms. The van der Waals surface area contributed by atoms with Crippen LogP contribution in [-0.4, -0.2) is 49.6 Å². The number of rotatable bonds is 4. The van der Waals surface area contributed by atoms with Crippen LogP contribution in [0.5, 0.6) is 0 Å². The summed E-state index contributed by atoms with van der Waals surface area (Å²) in [6.07, 6.45) is 2.96.